The predicted octanol–water partition coefficient (Wildman–Crippen LogP) is 13.7. The molecule has 3 aromatic heterocycles. The van der Waals surface area contributed by atoms with Gasteiger partial charge in [0.2, 0.25) is 0 Å². The normalized spacial score (nSPS) is 12.1. The number of hydrogen-bond donors (Lipinski definition) is 0. The van der Waals surface area contributed by atoms with Crippen molar-refractivity contribution < 1.29 is 0 Å². The number of benzene rings is 13. The second-order valence-electron chi connectivity index (χ2n) is 21.9. The number of rotatable bonds is 11. The van der Waals surface area contributed by atoms with E-state index in [2.05, 4.69) is 347 Å². The van der Waals surface area contributed by atoms with E-state index in [0.29, 0.717) is 0 Å². The van der Waals surface area contributed by atoms with Crippen LogP contribution in [0.3, 0.4) is 0 Å². The largest absolute Gasteiger partial charge is 0.309 e. The van der Waals surface area contributed by atoms with Gasteiger partial charge >= 0.3 is 0 Å². The molecule has 0 radical (unpaired) electrons. The monoisotopic (exact) mass is 1090 g/mol. The smallest absolute Gasteiger partial charge is 0.179 e. The molecule has 0 fully saturated rings. The molecule has 3 nitrogen and oxygen atoms in total. The molecule has 0 N–H and O–H groups in total. The Morgan fingerprint density at radius 3 is 0.892 bits per heavy atom. The van der Waals surface area contributed by atoms with Crippen molar-refractivity contribution in [3.05, 3.63) is 334 Å². The van der Waals surface area contributed by atoms with Gasteiger partial charge in [-0.2, -0.15) is 0 Å². The lowest BCUT2D eigenvalue weighted by molar-refractivity contribution is 1.15. The fourth-order valence-corrected chi connectivity index (χ4v) is 23.8. The molecule has 13 aromatic carbocycles. The summed E-state index contributed by atoms with van der Waals surface area (Å²) in [7, 11) is -5.60. The minimum Gasteiger partial charge on any atom is -0.309 e. The molecule has 83 heavy (non-hydrogen) atoms. The van der Waals surface area contributed by atoms with Crippen LogP contribution < -0.4 is 41.5 Å². The molecule has 0 atom stereocenters. The fraction of sp³-hybridized carbons (Fsp3) is 0. The second kappa shape index (κ2) is 19.7. The quantitative estimate of drug-likeness (QED) is 0.0906. The van der Waals surface area contributed by atoms with Gasteiger partial charge in [-0.1, -0.05) is 267 Å². The highest BCUT2D eigenvalue weighted by Crippen LogP contribution is 2.39. The van der Waals surface area contributed by atoms with Crippen molar-refractivity contribution in [3.63, 3.8) is 0 Å². The van der Waals surface area contributed by atoms with Crippen molar-refractivity contribution in [1.29, 1.82) is 0 Å². The molecular formula is C78H55N3Si2. The molecule has 16 rings (SSSR count). The molecule has 0 saturated carbocycles. The zero-order chi connectivity index (χ0) is 54.9. The molecule has 0 aliphatic carbocycles. The summed E-state index contributed by atoms with van der Waals surface area (Å²) in [4.78, 5) is 0. The molecule has 0 saturated heterocycles. The molecular weight excluding hydrogens is 1040 g/mol. The number of hydrogen-bond acceptors (Lipinski definition) is 0. The first-order valence-corrected chi connectivity index (χ1v) is 32.7. The van der Waals surface area contributed by atoms with Crippen LogP contribution in [0, 0.1) is 0 Å². The van der Waals surface area contributed by atoms with Gasteiger partial charge in [-0.05, 0) is 108 Å². The minimum absolute atomic E-state index is 1.12. The summed E-state index contributed by atoms with van der Waals surface area (Å²) in [6.45, 7) is 0. The molecule has 0 spiro atoms. The summed E-state index contributed by atoms with van der Waals surface area (Å²) < 4.78 is 7.47. The van der Waals surface area contributed by atoms with Gasteiger partial charge in [0.15, 0.2) is 16.1 Å². The van der Waals surface area contributed by atoms with E-state index in [1.165, 1.54) is 101 Å². The number of para-hydroxylation sites is 3. The molecule has 390 valence electrons. The standard InChI is InChI=1S/C78H55N3Si2/c1-7-27-59(28-8-1)82(60-29-9-2-10-30-60,61-31-11-3-12-32-61)65-39-25-26-56(52-65)81-73-43-22-19-40-67(73)70-49-46-58(54-78(70)81)80-74-44-23-20-41-68(74)71-53-57(47-50-76(71)80)79-75-45-24-21-42-69(75)72-55-66(48-51-77(72)79)83(62-33-13-4-14-34-62,63-35-15-5-16-36-63)64-37-17-6-18-38-64/h1-55H. The summed E-state index contributed by atoms with van der Waals surface area (Å²) in [6, 6.07) is 125. The van der Waals surface area contributed by atoms with Gasteiger partial charge in [0.1, 0.15) is 0 Å². The first-order valence-electron chi connectivity index (χ1n) is 28.7. The van der Waals surface area contributed by atoms with Crippen LogP contribution in [0.15, 0.2) is 334 Å². The zero-order valence-electron chi connectivity index (χ0n) is 45.6. The van der Waals surface area contributed by atoms with E-state index in [9.17, 15) is 0 Å². The van der Waals surface area contributed by atoms with Gasteiger partial charge in [-0.25, -0.2) is 0 Å². The maximum atomic E-state index is 2.53. The van der Waals surface area contributed by atoms with Gasteiger partial charge in [0.05, 0.1) is 33.1 Å². The molecule has 5 heteroatoms. The Labute approximate surface area is 484 Å². The highest BCUT2D eigenvalue weighted by atomic mass is 28.3. The lowest BCUT2D eigenvalue weighted by Gasteiger charge is -2.34. The van der Waals surface area contributed by atoms with E-state index in [4.69, 9.17) is 0 Å². The molecule has 0 bridgehead atoms. The van der Waals surface area contributed by atoms with Crippen LogP contribution in [0.1, 0.15) is 0 Å². The zero-order valence-corrected chi connectivity index (χ0v) is 47.6. The summed E-state index contributed by atoms with van der Waals surface area (Å²) in [6.07, 6.45) is 0. The Bertz CT molecular complexity index is 4880. The molecule has 0 aliphatic heterocycles. The van der Waals surface area contributed by atoms with Gasteiger partial charge in [0, 0.05) is 49.4 Å². The van der Waals surface area contributed by atoms with Crippen LogP contribution in [-0.2, 0) is 0 Å². The number of aromatic nitrogens is 3. The van der Waals surface area contributed by atoms with Gasteiger partial charge in [-0.15, -0.1) is 0 Å². The Balaban J connectivity index is 0.876. The Hall–Kier alpha value is -10.3. The van der Waals surface area contributed by atoms with Gasteiger partial charge < -0.3 is 13.7 Å². The molecule has 16 aromatic rings. The molecule has 0 aliphatic rings. The average molecular weight is 1090 g/mol. The van der Waals surface area contributed by atoms with Crippen molar-refractivity contribution in [2.45, 2.75) is 0 Å². The summed E-state index contributed by atoms with van der Waals surface area (Å²) in [5.74, 6) is 0. The Kier molecular flexibility index (Phi) is 11.6. The molecule has 0 unspecified atom stereocenters. The van der Waals surface area contributed by atoms with Crippen LogP contribution in [0.4, 0.5) is 0 Å². The van der Waals surface area contributed by atoms with Crippen molar-refractivity contribution in [1.82, 2.24) is 13.7 Å². The third-order valence-electron chi connectivity index (χ3n) is 17.7. The van der Waals surface area contributed by atoms with Crippen LogP contribution in [0.25, 0.3) is 82.5 Å². The highest BCUT2D eigenvalue weighted by molar-refractivity contribution is 7.20. The minimum atomic E-state index is -2.82. The van der Waals surface area contributed by atoms with Crippen LogP contribution >= 0.6 is 0 Å². The van der Waals surface area contributed by atoms with E-state index in [1.807, 2.05) is 0 Å². The molecule has 0 amide bonds. The third kappa shape index (κ3) is 7.49. The van der Waals surface area contributed by atoms with Crippen molar-refractivity contribution >= 4 is 123 Å². The van der Waals surface area contributed by atoms with Crippen LogP contribution in [0.2, 0.25) is 0 Å². The van der Waals surface area contributed by atoms with Crippen LogP contribution in [0.5, 0.6) is 0 Å². The fourth-order valence-electron chi connectivity index (χ4n) is 14.2. The van der Waals surface area contributed by atoms with E-state index in [1.54, 1.807) is 0 Å². The first kappa shape index (κ1) is 48.6. The Morgan fingerprint density at radius 2 is 0.446 bits per heavy atom. The lowest BCUT2D eigenvalue weighted by Crippen LogP contribution is -2.74. The molecule has 3 heterocycles. The van der Waals surface area contributed by atoms with Crippen molar-refractivity contribution in [3.8, 4) is 17.1 Å². The van der Waals surface area contributed by atoms with E-state index in [-0.39, 0.29) is 0 Å². The van der Waals surface area contributed by atoms with Gasteiger partial charge in [0.25, 0.3) is 0 Å². The second-order valence-corrected chi connectivity index (χ2v) is 29.6. The average Bonchev–Trinajstić information content (AvgIpc) is 3.52. The summed E-state index contributed by atoms with van der Waals surface area (Å²) >= 11 is 0. The number of fused-ring (bicyclic) bond motifs is 9. The Morgan fingerprint density at radius 1 is 0.157 bits per heavy atom. The van der Waals surface area contributed by atoms with E-state index < -0.39 is 16.1 Å². The highest BCUT2D eigenvalue weighted by Gasteiger charge is 2.43. The SMILES string of the molecule is c1ccc([Si](c2ccccc2)(c2ccccc2)c2cccc(-n3c4ccccc4c4ccc(-n5c6ccccc6c6cc(-n7c8ccccc8c8cc([Si](c9ccccc9)(c9ccccc9)c9ccccc9)ccc87)ccc65)cc43)c2)cc1. The topological polar surface area (TPSA) is 14.8 Å². The summed E-state index contributed by atoms with van der Waals surface area (Å²) in [5.41, 5.74) is 10.4. The maximum absolute atomic E-state index is 2.82. The van der Waals surface area contributed by atoms with E-state index >= 15 is 0 Å². The van der Waals surface area contributed by atoms with Gasteiger partial charge in [-0.3, -0.25) is 0 Å². The summed E-state index contributed by atoms with van der Waals surface area (Å²) in [5, 5.41) is 18.2. The third-order valence-corrected chi connectivity index (χ3v) is 27.3. The van der Waals surface area contributed by atoms with E-state index in [0.717, 1.165) is 22.6 Å². The lowest BCUT2D eigenvalue weighted by atomic mass is 10.1. The van der Waals surface area contributed by atoms with Crippen LogP contribution in [-0.4, -0.2) is 29.8 Å². The predicted molar refractivity (Wildman–Crippen MR) is 357 cm³/mol. The van der Waals surface area contributed by atoms with Crippen molar-refractivity contribution in [2.24, 2.45) is 0 Å². The van der Waals surface area contributed by atoms with Crippen molar-refractivity contribution in [2.75, 3.05) is 0 Å². The number of nitrogens with zero attached hydrogens (tertiary/aromatic N) is 3. The first-order chi connectivity index (χ1) is 41.2. The maximum Gasteiger partial charge on any atom is 0.179 e.